The van der Waals surface area contributed by atoms with Gasteiger partial charge in [-0.05, 0) is 66.9 Å². The number of nitrogens with zero attached hydrogens (tertiary/aromatic N) is 2. The second-order valence-corrected chi connectivity index (χ2v) is 7.83. The summed E-state index contributed by atoms with van der Waals surface area (Å²) in [6.45, 7) is 6.16. The minimum atomic E-state index is 0.00206. The maximum Gasteiger partial charge on any atom is 0.238 e. The smallest absolute Gasteiger partial charge is 0.238 e. The van der Waals surface area contributed by atoms with Gasteiger partial charge in [-0.15, -0.1) is 0 Å². The average Bonchev–Trinajstić information content (AvgIpc) is 3.14. The van der Waals surface area contributed by atoms with E-state index in [0.29, 0.717) is 11.6 Å². The molecule has 3 aromatic rings. The third-order valence-corrected chi connectivity index (χ3v) is 5.71. The van der Waals surface area contributed by atoms with Gasteiger partial charge in [0.05, 0.1) is 12.6 Å². The molecule has 0 bridgehead atoms. The van der Waals surface area contributed by atoms with E-state index in [1.54, 1.807) is 0 Å². The molecular formula is C23H24ClN3O. The van der Waals surface area contributed by atoms with Gasteiger partial charge < -0.3 is 9.88 Å². The molecule has 4 rings (SSSR count). The topological polar surface area (TPSA) is 37.3 Å². The molecule has 1 amide bonds. The number of aryl methyl sites for hydroxylation is 2. The first kappa shape index (κ1) is 18.8. The number of anilines is 1. The summed E-state index contributed by atoms with van der Waals surface area (Å²) in [6, 6.07) is 18.2. The van der Waals surface area contributed by atoms with Gasteiger partial charge in [-0.2, -0.15) is 0 Å². The zero-order valence-electron chi connectivity index (χ0n) is 16.2. The lowest BCUT2D eigenvalue weighted by molar-refractivity contribution is -0.117. The Morgan fingerprint density at radius 1 is 1.07 bits per heavy atom. The first-order valence-electron chi connectivity index (χ1n) is 9.53. The summed E-state index contributed by atoms with van der Waals surface area (Å²) < 4.78 is 2.26. The number of fused-ring (bicyclic) bond motifs is 1. The molecule has 0 unspecified atom stereocenters. The SMILES string of the molecule is Cc1ccc(NC(=O)CN2CCn3cccc3[C@@H]2c2ccc(Cl)cc2)cc1C. The van der Waals surface area contributed by atoms with Crippen molar-refractivity contribution in [3.63, 3.8) is 0 Å². The summed E-state index contributed by atoms with van der Waals surface area (Å²) in [5, 5.41) is 3.76. The Labute approximate surface area is 170 Å². The number of hydrogen-bond donors (Lipinski definition) is 1. The maximum absolute atomic E-state index is 12.8. The minimum Gasteiger partial charge on any atom is -0.348 e. The zero-order valence-corrected chi connectivity index (χ0v) is 16.9. The number of hydrogen-bond acceptors (Lipinski definition) is 2. The lowest BCUT2D eigenvalue weighted by atomic mass is 10.00. The van der Waals surface area contributed by atoms with Gasteiger partial charge in [0.2, 0.25) is 5.91 Å². The Morgan fingerprint density at radius 2 is 1.86 bits per heavy atom. The van der Waals surface area contributed by atoms with Gasteiger partial charge in [0.1, 0.15) is 0 Å². The highest BCUT2D eigenvalue weighted by Crippen LogP contribution is 2.32. The lowest BCUT2D eigenvalue weighted by Crippen LogP contribution is -2.42. The summed E-state index contributed by atoms with van der Waals surface area (Å²) in [6.07, 6.45) is 2.10. The van der Waals surface area contributed by atoms with Crippen LogP contribution >= 0.6 is 11.6 Å². The maximum atomic E-state index is 12.8. The van der Waals surface area contributed by atoms with Crippen LogP contribution in [0.1, 0.15) is 28.4 Å². The number of rotatable bonds is 4. The van der Waals surface area contributed by atoms with Crippen LogP contribution in [0.4, 0.5) is 5.69 Å². The van der Waals surface area contributed by atoms with Crippen LogP contribution in [0.15, 0.2) is 60.8 Å². The van der Waals surface area contributed by atoms with Gasteiger partial charge in [-0.3, -0.25) is 9.69 Å². The minimum absolute atomic E-state index is 0.00206. The Hall–Kier alpha value is -2.56. The van der Waals surface area contributed by atoms with Crippen LogP contribution < -0.4 is 5.32 Å². The quantitative estimate of drug-likeness (QED) is 0.691. The molecule has 28 heavy (non-hydrogen) atoms. The second kappa shape index (κ2) is 7.82. The monoisotopic (exact) mass is 393 g/mol. The fourth-order valence-corrected chi connectivity index (χ4v) is 3.96. The van der Waals surface area contributed by atoms with E-state index >= 15 is 0 Å². The predicted octanol–water partition coefficient (Wildman–Crippen LogP) is 4.80. The van der Waals surface area contributed by atoms with Gasteiger partial charge in [0.15, 0.2) is 0 Å². The lowest BCUT2D eigenvalue weighted by Gasteiger charge is -2.37. The number of carbonyl (C=O) groups is 1. The van der Waals surface area contributed by atoms with Crippen molar-refractivity contribution in [3.8, 4) is 0 Å². The van der Waals surface area contributed by atoms with Crippen LogP contribution in [0.25, 0.3) is 0 Å². The summed E-state index contributed by atoms with van der Waals surface area (Å²) >= 11 is 6.08. The highest BCUT2D eigenvalue weighted by atomic mass is 35.5. The molecule has 4 nitrogen and oxygen atoms in total. The standard InChI is InChI=1S/C23H24ClN3O/c1-16-5-10-20(14-17(16)2)25-22(28)15-27-13-12-26-11-3-4-21(26)23(27)18-6-8-19(24)9-7-18/h3-11,14,23H,12-13,15H2,1-2H3,(H,25,28)/t23-/m0/s1. The summed E-state index contributed by atoms with van der Waals surface area (Å²) in [4.78, 5) is 15.0. The Kier molecular flexibility index (Phi) is 5.25. The molecule has 1 aliphatic heterocycles. The van der Waals surface area contributed by atoms with E-state index in [1.165, 1.54) is 16.8 Å². The fourth-order valence-electron chi connectivity index (χ4n) is 3.83. The van der Waals surface area contributed by atoms with Crippen molar-refractivity contribution >= 4 is 23.2 Å². The van der Waals surface area contributed by atoms with Crippen molar-refractivity contribution in [1.29, 1.82) is 0 Å². The molecule has 1 aromatic heterocycles. The van der Waals surface area contributed by atoms with Gasteiger partial charge >= 0.3 is 0 Å². The van der Waals surface area contributed by atoms with Crippen molar-refractivity contribution in [1.82, 2.24) is 9.47 Å². The Morgan fingerprint density at radius 3 is 2.61 bits per heavy atom. The van der Waals surface area contributed by atoms with Crippen LogP contribution in [0.2, 0.25) is 5.02 Å². The van der Waals surface area contributed by atoms with E-state index in [-0.39, 0.29) is 11.9 Å². The van der Waals surface area contributed by atoms with Crippen molar-refractivity contribution in [2.24, 2.45) is 0 Å². The normalized spacial score (nSPS) is 16.6. The summed E-state index contributed by atoms with van der Waals surface area (Å²) in [5.74, 6) is 0.00206. The van der Waals surface area contributed by atoms with Crippen LogP contribution in [0.5, 0.6) is 0 Å². The summed E-state index contributed by atoms with van der Waals surface area (Å²) in [5.41, 5.74) is 5.58. The van der Waals surface area contributed by atoms with Crippen LogP contribution in [0, 0.1) is 13.8 Å². The first-order valence-corrected chi connectivity index (χ1v) is 9.91. The van der Waals surface area contributed by atoms with Crippen LogP contribution in [-0.4, -0.2) is 28.5 Å². The van der Waals surface area contributed by atoms with Gasteiger partial charge in [-0.1, -0.05) is 29.8 Å². The second-order valence-electron chi connectivity index (χ2n) is 7.40. The Bertz CT molecular complexity index is 993. The van der Waals surface area contributed by atoms with Crippen molar-refractivity contribution in [3.05, 3.63) is 88.2 Å². The number of halogens is 1. The van der Waals surface area contributed by atoms with Crippen molar-refractivity contribution < 1.29 is 4.79 Å². The third kappa shape index (κ3) is 3.84. The highest BCUT2D eigenvalue weighted by Gasteiger charge is 2.30. The van der Waals surface area contributed by atoms with Gasteiger partial charge in [0.25, 0.3) is 0 Å². The first-order chi connectivity index (χ1) is 13.5. The zero-order chi connectivity index (χ0) is 19.7. The van der Waals surface area contributed by atoms with E-state index in [9.17, 15) is 4.79 Å². The molecule has 0 spiro atoms. The molecule has 2 heterocycles. The number of nitrogens with one attached hydrogen (secondary N) is 1. The molecule has 0 fully saturated rings. The molecule has 0 saturated carbocycles. The van der Waals surface area contributed by atoms with E-state index in [2.05, 4.69) is 47.0 Å². The van der Waals surface area contributed by atoms with E-state index in [4.69, 9.17) is 11.6 Å². The van der Waals surface area contributed by atoms with Crippen LogP contribution in [0.3, 0.4) is 0 Å². The third-order valence-electron chi connectivity index (χ3n) is 5.46. The predicted molar refractivity (Wildman–Crippen MR) is 114 cm³/mol. The molecular weight excluding hydrogens is 370 g/mol. The number of aromatic nitrogens is 1. The molecule has 1 N–H and O–H groups in total. The number of carbonyl (C=O) groups excluding carboxylic acids is 1. The van der Waals surface area contributed by atoms with Gasteiger partial charge in [0, 0.05) is 35.7 Å². The van der Waals surface area contributed by atoms with Crippen LogP contribution in [-0.2, 0) is 11.3 Å². The van der Waals surface area contributed by atoms with Crippen molar-refractivity contribution in [2.75, 3.05) is 18.4 Å². The molecule has 1 aliphatic rings. The molecule has 144 valence electrons. The molecule has 1 atom stereocenters. The van der Waals surface area contributed by atoms with Crippen molar-refractivity contribution in [2.45, 2.75) is 26.4 Å². The largest absolute Gasteiger partial charge is 0.348 e. The molecule has 0 aliphatic carbocycles. The molecule has 2 aromatic carbocycles. The van der Waals surface area contributed by atoms with E-state index in [0.717, 1.165) is 24.3 Å². The summed E-state index contributed by atoms with van der Waals surface area (Å²) in [7, 11) is 0. The Balaban J connectivity index is 1.56. The fraction of sp³-hybridized carbons (Fsp3) is 0.261. The molecule has 0 radical (unpaired) electrons. The number of benzene rings is 2. The van der Waals surface area contributed by atoms with Gasteiger partial charge in [-0.25, -0.2) is 0 Å². The highest BCUT2D eigenvalue weighted by molar-refractivity contribution is 6.30. The van der Waals surface area contributed by atoms with E-state index in [1.807, 2.05) is 42.5 Å². The molecule has 5 heteroatoms. The number of amides is 1. The molecule has 0 saturated heterocycles. The van der Waals surface area contributed by atoms with E-state index < -0.39 is 0 Å². The average molecular weight is 394 g/mol.